The second kappa shape index (κ2) is 12.7. The molecule has 4 N–H and O–H groups in total. The second-order valence-electron chi connectivity index (χ2n) is 8.25. The maximum absolute atomic E-state index is 12.7. The van der Waals surface area contributed by atoms with Gasteiger partial charge in [0.05, 0.1) is 36.7 Å². The lowest BCUT2D eigenvalue weighted by molar-refractivity contribution is 0.0916. The molecule has 3 aromatic heterocycles. The number of ether oxygens (including phenoxy) is 1. The van der Waals surface area contributed by atoms with Crippen LogP contribution in [-0.4, -0.2) is 67.6 Å². The van der Waals surface area contributed by atoms with Gasteiger partial charge >= 0.3 is 6.09 Å². The molecule has 14 heteroatoms. The highest BCUT2D eigenvalue weighted by Crippen LogP contribution is 2.30. The first-order valence-electron chi connectivity index (χ1n) is 12.1. The molecule has 0 radical (unpaired) electrons. The molecule has 0 unspecified atom stereocenters. The second-order valence-corrected chi connectivity index (χ2v) is 8.61. The van der Waals surface area contributed by atoms with Crippen molar-refractivity contribution in [2.45, 2.75) is 19.9 Å². The number of fused-ring (bicyclic) bond motifs is 1. The lowest BCUT2D eigenvalue weighted by atomic mass is 10.0. The average molecular weight is 552 g/mol. The van der Waals surface area contributed by atoms with E-state index in [1.807, 2.05) is 23.5 Å². The molecule has 13 nitrogen and oxygen atoms in total. The number of rotatable bonds is 12. The number of hydrogen-bond donors (Lipinski definition) is 4. The van der Waals surface area contributed by atoms with Crippen molar-refractivity contribution in [3.63, 3.8) is 0 Å². The van der Waals surface area contributed by atoms with E-state index in [-0.39, 0.29) is 37.4 Å². The van der Waals surface area contributed by atoms with Crippen molar-refractivity contribution in [3.05, 3.63) is 59.3 Å². The van der Waals surface area contributed by atoms with E-state index in [1.165, 1.54) is 4.68 Å². The zero-order valence-electron chi connectivity index (χ0n) is 21.0. The van der Waals surface area contributed by atoms with Gasteiger partial charge < -0.3 is 25.8 Å². The summed E-state index contributed by atoms with van der Waals surface area (Å²) in [5.41, 5.74) is 4.04. The smallest absolute Gasteiger partial charge is 0.404 e. The highest BCUT2D eigenvalue weighted by atomic mass is 35.5. The predicted molar refractivity (Wildman–Crippen MR) is 143 cm³/mol. The summed E-state index contributed by atoms with van der Waals surface area (Å²) in [6, 6.07) is 7.46. The van der Waals surface area contributed by atoms with E-state index in [0.29, 0.717) is 41.3 Å². The number of carbonyl (C=O) groups is 2. The van der Waals surface area contributed by atoms with Crippen LogP contribution in [0.3, 0.4) is 0 Å². The Labute approximate surface area is 228 Å². The van der Waals surface area contributed by atoms with E-state index in [0.717, 1.165) is 11.3 Å². The van der Waals surface area contributed by atoms with Gasteiger partial charge in [-0.2, -0.15) is 10.4 Å². The Morgan fingerprint density at radius 1 is 1.21 bits per heavy atom. The van der Waals surface area contributed by atoms with E-state index in [1.54, 1.807) is 36.9 Å². The monoisotopic (exact) mass is 551 g/mol. The zero-order valence-corrected chi connectivity index (χ0v) is 21.8. The highest BCUT2D eigenvalue weighted by Gasteiger charge is 2.17. The summed E-state index contributed by atoms with van der Waals surface area (Å²) in [7, 11) is 0. The summed E-state index contributed by atoms with van der Waals surface area (Å²) >= 11 is 6.31. The molecule has 0 atom stereocenters. The minimum atomic E-state index is -1.11. The van der Waals surface area contributed by atoms with Crippen LogP contribution in [0.25, 0.3) is 16.9 Å². The minimum absolute atomic E-state index is 0.0820. The van der Waals surface area contributed by atoms with Crippen molar-refractivity contribution in [2.75, 3.05) is 31.6 Å². The molecule has 0 spiro atoms. The Hall–Kier alpha value is -4.67. The van der Waals surface area contributed by atoms with Crippen LogP contribution in [0.5, 0.6) is 0 Å². The number of nitrogens with zero attached hydrogens (tertiary/aromatic N) is 6. The van der Waals surface area contributed by atoms with E-state index < -0.39 is 6.09 Å². The van der Waals surface area contributed by atoms with Crippen LogP contribution in [0.2, 0.25) is 5.15 Å². The SMILES string of the molecule is CCc1cc(Nc2nccn3c(-c4cn(CC#N)nc4Cl)cnc23)ccc1C(=O)NCCOCCNC(=O)O. The minimum Gasteiger partial charge on any atom is -0.465 e. The molecule has 0 aliphatic carbocycles. The van der Waals surface area contributed by atoms with Crippen LogP contribution in [0, 0.1) is 11.3 Å². The molecular weight excluding hydrogens is 526 g/mol. The Kier molecular flexibility index (Phi) is 8.93. The fraction of sp³-hybridized carbons (Fsp3) is 0.280. The fourth-order valence-electron chi connectivity index (χ4n) is 3.92. The van der Waals surface area contributed by atoms with Gasteiger partial charge in [0.1, 0.15) is 6.54 Å². The van der Waals surface area contributed by atoms with Gasteiger partial charge in [-0.1, -0.05) is 18.5 Å². The Morgan fingerprint density at radius 2 is 2.00 bits per heavy atom. The number of carbonyl (C=O) groups excluding carboxylic acids is 1. The number of halogens is 1. The number of anilines is 2. The molecule has 0 fully saturated rings. The number of nitrogens with one attached hydrogen (secondary N) is 3. The fourth-order valence-corrected chi connectivity index (χ4v) is 4.16. The first kappa shape index (κ1) is 27.4. The van der Waals surface area contributed by atoms with Gasteiger partial charge in [-0.05, 0) is 30.2 Å². The Balaban J connectivity index is 1.44. The van der Waals surface area contributed by atoms with Crippen LogP contribution in [0.1, 0.15) is 22.8 Å². The molecular formula is C25H26ClN9O4. The van der Waals surface area contributed by atoms with Crippen molar-refractivity contribution in [3.8, 4) is 17.3 Å². The van der Waals surface area contributed by atoms with Crippen LogP contribution in [0.4, 0.5) is 16.3 Å². The van der Waals surface area contributed by atoms with Crippen molar-refractivity contribution >= 4 is 40.8 Å². The third-order valence-corrected chi connectivity index (χ3v) is 5.98. The molecule has 202 valence electrons. The number of amides is 2. The number of benzene rings is 1. The molecule has 3 heterocycles. The first-order chi connectivity index (χ1) is 18.9. The largest absolute Gasteiger partial charge is 0.465 e. The molecule has 2 amide bonds. The molecule has 4 aromatic rings. The maximum Gasteiger partial charge on any atom is 0.404 e. The summed E-state index contributed by atoms with van der Waals surface area (Å²) in [6.45, 7) is 3.01. The number of nitriles is 1. The lowest BCUT2D eigenvalue weighted by Crippen LogP contribution is -2.30. The number of hydrogen-bond acceptors (Lipinski definition) is 8. The van der Waals surface area contributed by atoms with Gasteiger partial charge in [0, 0.05) is 42.9 Å². The van der Waals surface area contributed by atoms with Gasteiger partial charge in [0.25, 0.3) is 5.91 Å². The molecule has 1 aromatic carbocycles. The van der Waals surface area contributed by atoms with E-state index in [9.17, 15) is 9.59 Å². The molecule has 4 rings (SSSR count). The summed E-state index contributed by atoms with van der Waals surface area (Å²) < 4.78 is 8.60. The van der Waals surface area contributed by atoms with Crippen molar-refractivity contribution < 1.29 is 19.4 Å². The van der Waals surface area contributed by atoms with Crippen LogP contribution < -0.4 is 16.0 Å². The Morgan fingerprint density at radius 3 is 2.74 bits per heavy atom. The van der Waals surface area contributed by atoms with Gasteiger partial charge in [-0.3, -0.25) is 13.9 Å². The van der Waals surface area contributed by atoms with E-state index in [4.69, 9.17) is 26.7 Å². The van der Waals surface area contributed by atoms with Gasteiger partial charge in [0.2, 0.25) is 0 Å². The molecule has 0 aliphatic rings. The highest BCUT2D eigenvalue weighted by molar-refractivity contribution is 6.32. The standard InChI is InChI=1S/C25H26ClN9O4/c1-2-16-13-17(3-4-18(16)24(36)29-7-11-39-12-8-30-25(37)38)32-22-23-31-14-20(35(23)10-6-28-22)19-15-34(9-5-27)33-21(19)26/h3-4,6,10,13-15,30H,2,7-9,11-12H2,1H3,(H,28,32)(H,29,36)(H,37,38). The lowest BCUT2D eigenvalue weighted by Gasteiger charge is -2.13. The molecule has 0 aliphatic heterocycles. The summed E-state index contributed by atoms with van der Waals surface area (Å²) in [4.78, 5) is 32.1. The Bertz CT molecular complexity index is 1530. The topological polar surface area (TPSA) is 171 Å². The van der Waals surface area contributed by atoms with Gasteiger partial charge in [-0.15, -0.1) is 0 Å². The van der Waals surface area contributed by atoms with Gasteiger partial charge in [0.15, 0.2) is 16.6 Å². The van der Waals surface area contributed by atoms with E-state index in [2.05, 4.69) is 31.0 Å². The van der Waals surface area contributed by atoms with Gasteiger partial charge in [-0.25, -0.2) is 14.8 Å². The van der Waals surface area contributed by atoms with Crippen LogP contribution >= 0.6 is 11.6 Å². The number of aromatic nitrogens is 5. The number of imidazole rings is 1. The normalized spacial score (nSPS) is 10.8. The van der Waals surface area contributed by atoms with Crippen molar-refractivity contribution in [1.82, 2.24) is 34.8 Å². The average Bonchev–Trinajstić information content (AvgIpc) is 3.51. The third-order valence-electron chi connectivity index (χ3n) is 5.70. The van der Waals surface area contributed by atoms with Crippen molar-refractivity contribution in [2.24, 2.45) is 0 Å². The van der Waals surface area contributed by atoms with E-state index >= 15 is 0 Å². The quantitative estimate of drug-likeness (QED) is 0.193. The number of aryl methyl sites for hydroxylation is 1. The third kappa shape index (κ3) is 6.61. The predicted octanol–water partition coefficient (Wildman–Crippen LogP) is 3.09. The molecule has 0 saturated carbocycles. The molecule has 39 heavy (non-hydrogen) atoms. The maximum atomic E-state index is 12.7. The van der Waals surface area contributed by atoms with Crippen molar-refractivity contribution in [1.29, 1.82) is 5.26 Å². The summed E-state index contributed by atoms with van der Waals surface area (Å²) in [5.74, 6) is 0.288. The first-order valence-corrected chi connectivity index (χ1v) is 12.4. The molecule has 0 saturated heterocycles. The zero-order chi connectivity index (χ0) is 27.8. The van der Waals surface area contributed by atoms with Crippen LogP contribution in [-0.2, 0) is 17.7 Å². The molecule has 0 bridgehead atoms. The number of carboxylic acid groups (broad SMARTS) is 1. The van der Waals surface area contributed by atoms with Crippen LogP contribution in [0.15, 0.2) is 43.0 Å². The summed E-state index contributed by atoms with van der Waals surface area (Å²) in [6.07, 6.45) is 6.28. The summed E-state index contributed by atoms with van der Waals surface area (Å²) in [5, 5.41) is 30.2.